The second kappa shape index (κ2) is 9.06. The largest absolute Gasteiger partial charge is 0.324 e. The number of amides is 1. The van der Waals surface area contributed by atoms with Gasteiger partial charge in [0.15, 0.2) is 0 Å². The Morgan fingerprint density at radius 2 is 2.10 bits per heavy atom. The number of nitrogens with zero attached hydrogens (tertiary/aromatic N) is 1. The van der Waals surface area contributed by atoms with Crippen LogP contribution in [0.5, 0.6) is 0 Å². The zero-order valence-corrected chi connectivity index (χ0v) is 13.9. The molecule has 1 heterocycles. The summed E-state index contributed by atoms with van der Waals surface area (Å²) in [5.74, 6) is 0.166. The maximum atomic E-state index is 12.5. The van der Waals surface area contributed by atoms with Gasteiger partial charge < -0.3 is 5.32 Å². The summed E-state index contributed by atoms with van der Waals surface area (Å²) in [4.78, 5) is 14.8. The number of carbonyl (C=O) groups is 1. The molecule has 3 nitrogen and oxygen atoms in total. The van der Waals surface area contributed by atoms with Gasteiger partial charge in [0.1, 0.15) is 0 Å². The van der Waals surface area contributed by atoms with Crippen molar-refractivity contribution in [1.82, 2.24) is 4.90 Å². The van der Waals surface area contributed by atoms with Gasteiger partial charge in [-0.1, -0.05) is 38.5 Å². The smallest absolute Gasteiger partial charge is 0.241 e. The zero-order chi connectivity index (χ0) is 14.4. The minimum atomic E-state index is 0. The number of rotatable bonds is 6. The van der Waals surface area contributed by atoms with E-state index in [1.54, 1.807) is 0 Å². The fraction of sp³-hybridized carbons (Fsp3) is 0.588. The van der Waals surface area contributed by atoms with Crippen molar-refractivity contribution in [1.29, 1.82) is 0 Å². The van der Waals surface area contributed by atoms with Crippen molar-refractivity contribution in [2.75, 3.05) is 18.4 Å². The molecule has 21 heavy (non-hydrogen) atoms. The number of hydrogen-bond donors (Lipinski definition) is 1. The molecule has 1 saturated heterocycles. The van der Waals surface area contributed by atoms with Crippen LogP contribution in [0.4, 0.5) is 5.69 Å². The van der Waals surface area contributed by atoms with Crippen LogP contribution in [-0.4, -0.2) is 29.9 Å². The van der Waals surface area contributed by atoms with E-state index in [1.807, 2.05) is 18.2 Å². The zero-order valence-electron chi connectivity index (χ0n) is 13.1. The molecule has 1 atom stereocenters. The second-order valence-electron chi connectivity index (χ2n) is 5.55. The number of nitrogens with one attached hydrogen (secondary N) is 1. The summed E-state index contributed by atoms with van der Waals surface area (Å²) in [7, 11) is 0. The third-order valence-electron chi connectivity index (χ3n) is 4.12. The fourth-order valence-corrected chi connectivity index (χ4v) is 2.92. The molecule has 1 aliphatic heterocycles. The van der Waals surface area contributed by atoms with E-state index in [1.165, 1.54) is 18.4 Å². The first kappa shape index (κ1) is 18.0. The normalized spacial score (nSPS) is 18.3. The molecule has 0 aromatic heterocycles. The molecule has 2 rings (SSSR count). The summed E-state index contributed by atoms with van der Waals surface area (Å²) < 4.78 is 0. The minimum Gasteiger partial charge on any atom is -0.324 e. The first-order valence-corrected chi connectivity index (χ1v) is 7.89. The van der Waals surface area contributed by atoms with Crippen LogP contribution in [0.2, 0.25) is 0 Å². The van der Waals surface area contributed by atoms with Crippen molar-refractivity contribution >= 4 is 24.0 Å². The van der Waals surface area contributed by atoms with E-state index in [0.29, 0.717) is 0 Å². The van der Waals surface area contributed by atoms with Crippen molar-refractivity contribution in [2.45, 2.75) is 52.0 Å². The van der Waals surface area contributed by atoms with Crippen molar-refractivity contribution in [3.8, 4) is 0 Å². The molecule has 1 unspecified atom stereocenters. The molecule has 1 fully saturated rings. The number of likely N-dealkylation sites (tertiary alicyclic amines) is 1. The van der Waals surface area contributed by atoms with Gasteiger partial charge in [-0.25, -0.2) is 0 Å². The summed E-state index contributed by atoms with van der Waals surface area (Å²) in [6.07, 6.45) is 5.43. The highest BCUT2D eigenvalue weighted by atomic mass is 35.5. The molecule has 1 N–H and O–H groups in total. The minimum absolute atomic E-state index is 0. The monoisotopic (exact) mass is 310 g/mol. The van der Waals surface area contributed by atoms with Crippen molar-refractivity contribution in [3.05, 3.63) is 29.8 Å². The quantitative estimate of drug-likeness (QED) is 0.865. The SMILES string of the molecule is CCCCN1CCCC1C(=O)Nc1ccccc1CC.Cl. The Labute approximate surface area is 134 Å². The predicted molar refractivity (Wildman–Crippen MR) is 91.2 cm³/mol. The highest BCUT2D eigenvalue weighted by Crippen LogP contribution is 2.21. The second-order valence-corrected chi connectivity index (χ2v) is 5.55. The molecule has 0 spiro atoms. The fourth-order valence-electron chi connectivity index (χ4n) is 2.92. The highest BCUT2D eigenvalue weighted by Gasteiger charge is 2.30. The number of benzene rings is 1. The molecule has 1 aliphatic rings. The number of hydrogen-bond acceptors (Lipinski definition) is 2. The van der Waals surface area contributed by atoms with Crippen molar-refractivity contribution in [2.24, 2.45) is 0 Å². The molecule has 1 aromatic carbocycles. The topological polar surface area (TPSA) is 32.3 Å². The van der Waals surface area contributed by atoms with Crippen LogP contribution >= 0.6 is 12.4 Å². The first-order chi connectivity index (χ1) is 9.76. The summed E-state index contributed by atoms with van der Waals surface area (Å²) >= 11 is 0. The van der Waals surface area contributed by atoms with E-state index < -0.39 is 0 Å². The molecule has 0 saturated carbocycles. The maximum Gasteiger partial charge on any atom is 0.241 e. The van der Waals surface area contributed by atoms with Gasteiger partial charge in [-0.3, -0.25) is 9.69 Å². The summed E-state index contributed by atoms with van der Waals surface area (Å²) in [5.41, 5.74) is 2.18. The van der Waals surface area contributed by atoms with Crippen LogP contribution in [-0.2, 0) is 11.2 Å². The van der Waals surface area contributed by atoms with E-state index in [9.17, 15) is 4.79 Å². The van der Waals surface area contributed by atoms with Gasteiger partial charge in [0, 0.05) is 5.69 Å². The van der Waals surface area contributed by atoms with E-state index in [2.05, 4.69) is 30.1 Å². The van der Waals surface area contributed by atoms with E-state index in [-0.39, 0.29) is 24.4 Å². The van der Waals surface area contributed by atoms with Crippen molar-refractivity contribution < 1.29 is 4.79 Å². The standard InChI is InChI=1S/C17H26N2O.ClH/c1-3-5-12-19-13-8-11-16(19)17(20)18-15-10-7-6-9-14(15)4-2;/h6-7,9-10,16H,3-5,8,11-13H2,1-2H3,(H,18,20);1H. The van der Waals surface area contributed by atoms with Crippen LogP contribution in [0, 0.1) is 0 Å². The Morgan fingerprint density at radius 3 is 2.81 bits per heavy atom. The lowest BCUT2D eigenvalue weighted by Gasteiger charge is -2.23. The summed E-state index contributed by atoms with van der Waals surface area (Å²) in [6, 6.07) is 8.16. The summed E-state index contributed by atoms with van der Waals surface area (Å²) in [6.45, 7) is 6.42. The van der Waals surface area contributed by atoms with Crippen LogP contribution < -0.4 is 5.32 Å². The predicted octanol–water partition coefficient (Wildman–Crippen LogP) is 3.87. The van der Waals surface area contributed by atoms with E-state index in [0.717, 1.165) is 38.0 Å². The molecule has 0 aliphatic carbocycles. The molecule has 118 valence electrons. The van der Waals surface area contributed by atoms with Gasteiger partial charge in [0.25, 0.3) is 0 Å². The van der Waals surface area contributed by atoms with Gasteiger partial charge in [0.05, 0.1) is 6.04 Å². The average molecular weight is 311 g/mol. The van der Waals surface area contributed by atoms with Gasteiger partial charge >= 0.3 is 0 Å². The average Bonchev–Trinajstić information content (AvgIpc) is 2.94. The van der Waals surface area contributed by atoms with Gasteiger partial charge in [-0.15, -0.1) is 12.4 Å². The highest BCUT2D eigenvalue weighted by molar-refractivity contribution is 5.95. The Kier molecular flexibility index (Phi) is 7.76. The Morgan fingerprint density at radius 1 is 1.33 bits per heavy atom. The number of aryl methyl sites for hydroxylation is 1. The van der Waals surface area contributed by atoms with Crippen LogP contribution in [0.25, 0.3) is 0 Å². The van der Waals surface area contributed by atoms with Crippen LogP contribution in [0.15, 0.2) is 24.3 Å². The first-order valence-electron chi connectivity index (χ1n) is 7.89. The molecular formula is C17H27ClN2O. The van der Waals surface area contributed by atoms with Gasteiger partial charge in [0.2, 0.25) is 5.91 Å². The molecule has 4 heteroatoms. The van der Waals surface area contributed by atoms with Gasteiger partial charge in [-0.05, 0) is 50.4 Å². The van der Waals surface area contributed by atoms with E-state index >= 15 is 0 Å². The Balaban J connectivity index is 0.00000220. The van der Waals surface area contributed by atoms with Crippen molar-refractivity contribution in [3.63, 3.8) is 0 Å². The lowest BCUT2D eigenvalue weighted by molar-refractivity contribution is -0.120. The van der Waals surface area contributed by atoms with E-state index in [4.69, 9.17) is 0 Å². The number of halogens is 1. The number of unbranched alkanes of at least 4 members (excludes halogenated alkanes) is 1. The summed E-state index contributed by atoms with van der Waals surface area (Å²) in [5, 5.41) is 3.13. The number of anilines is 1. The molecule has 0 bridgehead atoms. The van der Waals surface area contributed by atoms with Gasteiger partial charge in [-0.2, -0.15) is 0 Å². The van der Waals surface area contributed by atoms with Crippen LogP contribution in [0.3, 0.4) is 0 Å². The Hall–Kier alpha value is -1.06. The van der Waals surface area contributed by atoms with Crippen LogP contribution in [0.1, 0.15) is 45.1 Å². The molecule has 1 amide bonds. The lowest BCUT2D eigenvalue weighted by Crippen LogP contribution is -2.40. The maximum absolute atomic E-state index is 12.5. The molecular weight excluding hydrogens is 284 g/mol. The number of para-hydroxylation sites is 1. The molecule has 0 radical (unpaired) electrons. The third-order valence-corrected chi connectivity index (χ3v) is 4.12. The third kappa shape index (κ3) is 4.72. The lowest BCUT2D eigenvalue weighted by atomic mass is 10.1. The molecule has 1 aromatic rings. The Bertz CT molecular complexity index is 450. The number of carbonyl (C=O) groups excluding carboxylic acids is 1.